The van der Waals surface area contributed by atoms with Gasteiger partial charge in [-0.3, -0.25) is 24.5 Å². The summed E-state index contributed by atoms with van der Waals surface area (Å²) in [6.45, 7) is 14.7. The van der Waals surface area contributed by atoms with E-state index in [0.29, 0.717) is 28.0 Å². The van der Waals surface area contributed by atoms with Crippen LogP contribution in [0.15, 0.2) is 28.1 Å². The zero-order valence-electron chi connectivity index (χ0n) is 28.5. The molecule has 0 spiro atoms. The maximum Gasteiger partial charge on any atom is 0.328 e. The van der Waals surface area contributed by atoms with E-state index in [4.69, 9.17) is 9.47 Å². The fraction of sp³-hybridized carbons (Fsp3) is 0.485. The Morgan fingerprint density at radius 3 is 2.06 bits per heavy atom. The van der Waals surface area contributed by atoms with Gasteiger partial charge in [0.2, 0.25) is 17.8 Å². The van der Waals surface area contributed by atoms with Crippen molar-refractivity contribution in [3.05, 3.63) is 39.2 Å². The van der Waals surface area contributed by atoms with Gasteiger partial charge in [0.1, 0.15) is 16.7 Å². The number of esters is 2. The molecule has 0 radical (unpaired) electrons. The van der Waals surface area contributed by atoms with E-state index < -0.39 is 34.7 Å². The van der Waals surface area contributed by atoms with Crippen molar-refractivity contribution in [1.82, 2.24) is 15.3 Å². The van der Waals surface area contributed by atoms with Crippen molar-refractivity contribution in [2.24, 2.45) is 10.8 Å². The van der Waals surface area contributed by atoms with Crippen molar-refractivity contribution < 1.29 is 33.4 Å². The van der Waals surface area contributed by atoms with Crippen LogP contribution in [0.25, 0.3) is 10.2 Å². The number of benzene rings is 1. The maximum absolute atomic E-state index is 13.0. The van der Waals surface area contributed by atoms with Crippen LogP contribution >= 0.6 is 27.3 Å². The van der Waals surface area contributed by atoms with Crippen molar-refractivity contribution in [1.29, 1.82) is 0 Å². The van der Waals surface area contributed by atoms with Crippen molar-refractivity contribution in [3.8, 4) is 0 Å². The highest BCUT2D eigenvalue weighted by atomic mass is 79.9. The van der Waals surface area contributed by atoms with Gasteiger partial charge in [-0.25, -0.2) is 9.78 Å². The van der Waals surface area contributed by atoms with E-state index in [9.17, 15) is 24.0 Å². The molecular weight excluding hydrogens is 704 g/mol. The lowest BCUT2D eigenvalue weighted by atomic mass is 9.95. The number of hydrogen-bond donors (Lipinski definition) is 4. The van der Waals surface area contributed by atoms with E-state index in [2.05, 4.69) is 47.2 Å². The molecule has 0 aliphatic carbocycles. The van der Waals surface area contributed by atoms with E-state index in [1.54, 1.807) is 79.7 Å². The molecule has 48 heavy (non-hydrogen) atoms. The number of nitrogens with one attached hydrogen (secondary N) is 4. The van der Waals surface area contributed by atoms with Crippen molar-refractivity contribution in [2.75, 3.05) is 29.2 Å². The van der Waals surface area contributed by atoms with Crippen LogP contribution in [0.2, 0.25) is 0 Å². The van der Waals surface area contributed by atoms with Crippen LogP contribution in [0, 0.1) is 10.8 Å². The molecule has 0 fully saturated rings. The van der Waals surface area contributed by atoms with E-state index in [1.807, 2.05) is 0 Å². The number of amides is 3. The van der Waals surface area contributed by atoms with Crippen molar-refractivity contribution in [2.45, 2.75) is 80.8 Å². The highest BCUT2D eigenvalue weighted by Gasteiger charge is 2.28. The monoisotopic (exact) mass is 746 g/mol. The molecule has 4 N–H and O–H groups in total. The van der Waals surface area contributed by atoms with Gasteiger partial charge < -0.3 is 25.4 Å². The Morgan fingerprint density at radius 1 is 0.875 bits per heavy atom. The largest absolute Gasteiger partial charge is 0.466 e. The van der Waals surface area contributed by atoms with Crippen LogP contribution in [-0.4, -0.2) is 58.9 Å². The van der Waals surface area contributed by atoms with Gasteiger partial charge in [0, 0.05) is 40.6 Å². The number of thiophene rings is 1. The minimum atomic E-state index is -1.01. The third kappa shape index (κ3) is 10.4. The third-order valence-electron chi connectivity index (χ3n) is 6.86. The summed E-state index contributed by atoms with van der Waals surface area (Å²) in [5, 5.41) is 12.3. The average molecular weight is 748 g/mol. The van der Waals surface area contributed by atoms with Crippen LogP contribution < -0.4 is 21.3 Å². The molecule has 1 aromatic carbocycles. The molecule has 0 saturated heterocycles. The third-order valence-corrected chi connectivity index (χ3v) is 8.73. The average Bonchev–Trinajstić information content (AvgIpc) is 3.32. The Hall–Kier alpha value is -4.11. The number of fused-ring (bicyclic) bond motifs is 1. The minimum absolute atomic E-state index is 0.0406. The first-order valence-electron chi connectivity index (χ1n) is 15.5. The molecule has 0 unspecified atom stereocenters. The molecule has 2 aromatic heterocycles. The summed E-state index contributed by atoms with van der Waals surface area (Å²) in [6, 6.07) is 5.63. The minimum Gasteiger partial charge on any atom is -0.466 e. The summed E-state index contributed by atoms with van der Waals surface area (Å²) < 4.78 is 10.8. The van der Waals surface area contributed by atoms with Gasteiger partial charge in [0.25, 0.3) is 5.91 Å². The quantitative estimate of drug-likeness (QED) is 0.151. The maximum atomic E-state index is 13.0. The fourth-order valence-corrected chi connectivity index (χ4v) is 5.80. The second-order valence-corrected chi connectivity index (χ2v) is 15.2. The van der Waals surface area contributed by atoms with Crippen molar-refractivity contribution >= 4 is 84.6 Å². The van der Waals surface area contributed by atoms with E-state index >= 15 is 0 Å². The van der Waals surface area contributed by atoms with E-state index in [1.165, 1.54) is 11.3 Å². The Morgan fingerprint density at radius 2 is 1.48 bits per heavy atom. The number of aromatic nitrogens is 2. The van der Waals surface area contributed by atoms with Gasteiger partial charge in [0.15, 0.2) is 0 Å². The molecule has 260 valence electrons. The predicted octanol–water partition coefficient (Wildman–Crippen LogP) is 6.04. The number of carbonyl (C=O) groups is 5. The highest BCUT2D eigenvalue weighted by molar-refractivity contribution is 9.11. The SMILES string of the molecule is CCOC(=O)CC[C@H](NC(=O)c1ccc(NCc2c(Br)sc3nc(NC(=O)C(C)(C)C)nc(NC(=O)C(C)(C)C)c23)cc1)C(=O)OCC. The van der Waals surface area contributed by atoms with Gasteiger partial charge in [-0.1, -0.05) is 41.5 Å². The zero-order valence-corrected chi connectivity index (χ0v) is 30.9. The normalized spacial score (nSPS) is 12.2. The molecule has 2 heterocycles. The van der Waals surface area contributed by atoms with Gasteiger partial charge in [-0.05, 0) is 60.5 Å². The van der Waals surface area contributed by atoms with Crippen LogP contribution in [-0.2, 0) is 35.2 Å². The number of hydrogen-bond acceptors (Lipinski definition) is 11. The molecule has 0 saturated carbocycles. The van der Waals surface area contributed by atoms with Crippen LogP contribution in [0.3, 0.4) is 0 Å². The first kappa shape index (κ1) is 38.3. The molecule has 0 aliphatic heterocycles. The Balaban J connectivity index is 1.82. The van der Waals surface area contributed by atoms with Gasteiger partial charge in [-0.2, -0.15) is 4.98 Å². The number of halogens is 1. The Bertz CT molecular complexity index is 1660. The fourth-order valence-electron chi connectivity index (χ4n) is 4.08. The van der Waals surface area contributed by atoms with E-state index in [0.717, 1.165) is 9.35 Å². The Kier molecular flexibility index (Phi) is 13.0. The second-order valence-electron chi connectivity index (χ2n) is 12.9. The molecule has 13 nitrogen and oxygen atoms in total. The van der Waals surface area contributed by atoms with Crippen LogP contribution in [0.5, 0.6) is 0 Å². The molecule has 0 bridgehead atoms. The lowest BCUT2D eigenvalue weighted by molar-refractivity contribution is -0.147. The zero-order chi connectivity index (χ0) is 35.8. The molecule has 15 heteroatoms. The summed E-state index contributed by atoms with van der Waals surface area (Å²) in [4.78, 5) is 72.6. The molecule has 3 amide bonds. The Labute approximate surface area is 292 Å². The summed E-state index contributed by atoms with van der Waals surface area (Å²) in [5.74, 6) is -1.76. The molecule has 1 atom stereocenters. The van der Waals surface area contributed by atoms with Crippen molar-refractivity contribution in [3.63, 3.8) is 0 Å². The second kappa shape index (κ2) is 16.3. The first-order valence-corrected chi connectivity index (χ1v) is 17.1. The van der Waals surface area contributed by atoms with Gasteiger partial charge in [-0.15, -0.1) is 11.3 Å². The number of ether oxygens (including phenoxy) is 2. The predicted molar refractivity (Wildman–Crippen MR) is 189 cm³/mol. The standard InChI is InChI=1S/C33H43BrN6O7S/c1-9-46-22(41)16-15-21(28(43)47-10-2)36-26(42)18-11-13-19(14-12-18)35-17-20-23-25(37-29(44)32(3,4)5)38-31(39-27(23)48-24(20)34)40-30(45)33(6,7)8/h11-14,21,35H,9-10,15-17H2,1-8H3,(H,36,42)(H2,37,38,39,40,44,45)/t21-/m0/s1. The van der Waals surface area contributed by atoms with Gasteiger partial charge >= 0.3 is 11.9 Å². The smallest absolute Gasteiger partial charge is 0.328 e. The number of carbonyl (C=O) groups excluding carboxylic acids is 5. The molecular formula is C33H43BrN6O7S. The molecule has 3 aromatic rings. The van der Waals surface area contributed by atoms with Crippen LogP contribution in [0.1, 0.15) is 84.2 Å². The topological polar surface area (TPSA) is 178 Å². The molecule has 3 rings (SSSR count). The highest BCUT2D eigenvalue weighted by Crippen LogP contribution is 2.39. The van der Waals surface area contributed by atoms with Gasteiger partial charge in [0.05, 0.1) is 22.4 Å². The summed E-state index contributed by atoms with van der Waals surface area (Å²) in [6.07, 6.45) is -0.00826. The number of anilines is 3. The number of rotatable bonds is 13. The lowest BCUT2D eigenvalue weighted by Gasteiger charge is -2.19. The number of nitrogens with zero attached hydrogens (tertiary/aromatic N) is 2. The summed E-state index contributed by atoms with van der Waals surface area (Å²) >= 11 is 4.97. The first-order chi connectivity index (χ1) is 22.4. The lowest BCUT2D eigenvalue weighted by Crippen LogP contribution is -2.42. The molecule has 0 aliphatic rings. The summed E-state index contributed by atoms with van der Waals surface area (Å²) in [5.41, 5.74) is 0.397. The summed E-state index contributed by atoms with van der Waals surface area (Å²) in [7, 11) is 0. The van der Waals surface area contributed by atoms with Crippen LogP contribution in [0.4, 0.5) is 17.5 Å². The van der Waals surface area contributed by atoms with E-state index in [-0.39, 0.29) is 49.6 Å².